The van der Waals surface area contributed by atoms with Crippen LogP contribution >= 0.6 is 0 Å². The van der Waals surface area contributed by atoms with Gasteiger partial charge < -0.3 is 14.8 Å². The maximum absolute atomic E-state index is 11.9. The fourth-order valence-electron chi connectivity index (χ4n) is 1.88. The van der Waals surface area contributed by atoms with Gasteiger partial charge in [0, 0.05) is 0 Å². The summed E-state index contributed by atoms with van der Waals surface area (Å²) in [6.07, 6.45) is 5.17. The standard InChI is InChI=1S/C13H15NO4/c1-3-4-5-6-8-10(15)11(16)9-12(18-8)7(2)14-13(9)17/h5-7,15H,3-4H2,1-2H3,(H,14,17)/b6-5+/t7-/m0/s1. The fourth-order valence-corrected chi connectivity index (χ4v) is 1.88. The van der Waals surface area contributed by atoms with Crippen LogP contribution in [0.1, 0.15) is 54.6 Å². The van der Waals surface area contributed by atoms with Crippen molar-refractivity contribution in [2.24, 2.45) is 0 Å². The van der Waals surface area contributed by atoms with Gasteiger partial charge in [-0.2, -0.15) is 0 Å². The Hall–Kier alpha value is -2.04. The Labute approximate surface area is 104 Å². The molecule has 2 rings (SSSR count). The number of aromatic hydroxyl groups is 1. The van der Waals surface area contributed by atoms with Gasteiger partial charge in [-0.05, 0) is 19.4 Å². The number of carbonyl (C=O) groups is 1. The summed E-state index contributed by atoms with van der Waals surface area (Å²) in [6, 6.07) is -0.348. The third-order valence-electron chi connectivity index (χ3n) is 2.83. The van der Waals surface area contributed by atoms with Crippen LogP contribution in [0.3, 0.4) is 0 Å². The summed E-state index contributed by atoms with van der Waals surface area (Å²) >= 11 is 0. The number of nitrogens with one attached hydrogen (secondary N) is 1. The van der Waals surface area contributed by atoms with Crippen molar-refractivity contribution < 1.29 is 14.3 Å². The first-order valence-electron chi connectivity index (χ1n) is 5.93. The number of allylic oxidation sites excluding steroid dienone is 1. The summed E-state index contributed by atoms with van der Waals surface area (Å²) in [5.41, 5.74) is -0.762. The van der Waals surface area contributed by atoms with Crippen molar-refractivity contribution >= 4 is 12.0 Å². The summed E-state index contributed by atoms with van der Waals surface area (Å²) in [5, 5.41) is 12.3. The molecule has 0 fully saturated rings. The topological polar surface area (TPSA) is 79.5 Å². The van der Waals surface area contributed by atoms with Crippen LogP contribution in [0.25, 0.3) is 6.08 Å². The Kier molecular flexibility index (Phi) is 3.23. The maximum atomic E-state index is 11.9. The molecule has 0 aromatic carbocycles. The Balaban J connectivity index is 2.53. The second-order valence-electron chi connectivity index (χ2n) is 4.27. The van der Waals surface area contributed by atoms with Crippen molar-refractivity contribution in [2.45, 2.75) is 32.7 Å². The number of carbonyl (C=O) groups excluding carboxylic acids is 1. The SMILES string of the molecule is CCC/C=C/c1oc2c(c(=O)c1O)C(=O)N[C@H]2C. The van der Waals surface area contributed by atoms with Crippen LogP contribution in [-0.2, 0) is 0 Å². The van der Waals surface area contributed by atoms with E-state index in [1.54, 1.807) is 13.0 Å². The first-order chi connectivity index (χ1) is 8.56. The summed E-state index contributed by atoms with van der Waals surface area (Å²) in [5.74, 6) is -0.606. The molecule has 1 aliphatic rings. The highest BCUT2D eigenvalue weighted by Crippen LogP contribution is 2.27. The van der Waals surface area contributed by atoms with Gasteiger partial charge in [0.25, 0.3) is 5.91 Å². The lowest BCUT2D eigenvalue weighted by Gasteiger charge is -2.04. The summed E-state index contributed by atoms with van der Waals surface area (Å²) in [4.78, 5) is 23.4. The average molecular weight is 249 g/mol. The molecule has 0 aliphatic carbocycles. The van der Waals surface area contributed by atoms with Gasteiger partial charge in [-0.1, -0.05) is 19.4 Å². The maximum Gasteiger partial charge on any atom is 0.259 e. The quantitative estimate of drug-likeness (QED) is 0.858. The van der Waals surface area contributed by atoms with E-state index in [0.29, 0.717) is 5.76 Å². The van der Waals surface area contributed by atoms with E-state index in [0.717, 1.165) is 12.8 Å². The Bertz CT molecular complexity index is 571. The molecule has 0 spiro atoms. The van der Waals surface area contributed by atoms with Crippen LogP contribution in [0, 0.1) is 0 Å². The zero-order chi connectivity index (χ0) is 13.3. The van der Waals surface area contributed by atoms with Gasteiger partial charge >= 0.3 is 0 Å². The lowest BCUT2D eigenvalue weighted by atomic mass is 10.1. The molecule has 5 heteroatoms. The molecule has 1 amide bonds. The van der Waals surface area contributed by atoms with Crippen LogP contribution in [0.15, 0.2) is 15.3 Å². The number of rotatable bonds is 3. The molecule has 0 unspecified atom stereocenters. The minimum Gasteiger partial charge on any atom is -0.502 e. The highest BCUT2D eigenvalue weighted by Gasteiger charge is 2.33. The lowest BCUT2D eigenvalue weighted by molar-refractivity contribution is 0.0957. The van der Waals surface area contributed by atoms with Crippen LogP contribution in [-0.4, -0.2) is 11.0 Å². The minimum absolute atomic E-state index is 0.0901. The molecule has 96 valence electrons. The van der Waals surface area contributed by atoms with Gasteiger partial charge in [0.05, 0.1) is 6.04 Å². The summed E-state index contributed by atoms with van der Waals surface area (Å²) < 4.78 is 5.44. The molecule has 1 aliphatic heterocycles. The summed E-state index contributed by atoms with van der Waals surface area (Å²) in [7, 11) is 0. The van der Waals surface area contributed by atoms with Crippen LogP contribution in [0.2, 0.25) is 0 Å². The van der Waals surface area contributed by atoms with Gasteiger partial charge in [-0.3, -0.25) is 9.59 Å². The normalized spacial score (nSPS) is 18.1. The molecule has 5 nitrogen and oxygen atoms in total. The first kappa shape index (κ1) is 12.4. The smallest absolute Gasteiger partial charge is 0.259 e. The van der Waals surface area contributed by atoms with Crippen molar-refractivity contribution in [1.29, 1.82) is 0 Å². The second-order valence-corrected chi connectivity index (χ2v) is 4.27. The second kappa shape index (κ2) is 4.68. The van der Waals surface area contributed by atoms with E-state index in [-0.39, 0.29) is 17.4 Å². The predicted octanol–water partition coefficient (Wildman–Crippen LogP) is 1.96. The third kappa shape index (κ3) is 1.92. The molecule has 1 aromatic rings. The molecule has 0 bridgehead atoms. The highest BCUT2D eigenvalue weighted by molar-refractivity contribution is 5.98. The van der Waals surface area contributed by atoms with E-state index in [2.05, 4.69) is 5.32 Å². The van der Waals surface area contributed by atoms with Gasteiger partial charge in [-0.25, -0.2) is 0 Å². The lowest BCUT2D eigenvalue weighted by Crippen LogP contribution is -2.20. The van der Waals surface area contributed by atoms with E-state index < -0.39 is 17.1 Å². The van der Waals surface area contributed by atoms with E-state index in [4.69, 9.17) is 4.42 Å². The molecular weight excluding hydrogens is 234 g/mol. The van der Waals surface area contributed by atoms with Crippen LogP contribution in [0.5, 0.6) is 5.75 Å². The third-order valence-corrected chi connectivity index (χ3v) is 2.83. The molecular formula is C13H15NO4. The Morgan fingerprint density at radius 1 is 1.44 bits per heavy atom. The van der Waals surface area contributed by atoms with E-state index >= 15 is 0 Å². The van der Waals surface area contributed by atoms with Crippen LogP contribution in [0.4, 0.5) is 0 Å². The van der Waals surface area contributed by atoms with Gasteiger partial charge in [0.2, 0.25) is 11.2 Å². The zero-order valence-electron chi connectivity index (χ0n) is 10.3. The molecule has 0 radical (unpaired) electrons. The molecule has 1 aromatic heterocycles. The summed E-state index contributed by atoms with van der Waals surface area (Å²) in [6.45, 7) is 3.75. The van der Waals surface area contributed by atoms with E-state index in [1.807, 2.05) is 13.0 Å². The van der Waals surface area contributed by atoms with Gasteiger partial charge in [0.15, 0.2) is 5.76 Å². The zero-order valence-corrected chi connectivity index (χ0v) is 10.3. The van der Waals surface area contributed by atoms with Crippen molar-refractivity contribution in [2.75, 3.05) is 0 Å². The molecule has 0 saturated heterocycles. The van der Waals surface area contributed by atoms with E-state index in [9.17, 15) is 14.7 Å². The molecule has 0 saturated carbocycles. The number of unbranched alkanes of at least 4 members (excludes halogenated alkanes) is 1. The molecule has 2 heterocycles. The average Bonchev–Trinajstić information content (AvgIpc) is 2.61. The highest BCUT2D eigenvalue weighted by atomic mass is 16.4. The first-order valence-corrected chi connectivity index (χ1v) is 5.93. The van der Waals surface area contributed by atoms with Crippen LogP contribution < -0.4 is 10.7 Å². The number of hydrogen-bond acceptors (Lipinski definition) is 4. The fraction of sp³-hybridized carbons (Fsp3) is 0.385. The van der Waals surface area contributed by atoms with Crippen molar-refractivity contribution in [3.63, 3.8) is 0 Å². The largest absolute Gasteiger partial charge is 0.502 e. The minimum atomic E-state index is -0.672. The Morgan fingerprint density at radius 3 is 2.83 bits per heavy atom. The number of hydrogen-bond donors (Lipinski definition) is 2. The van der Waals surface area contributed by atoms with Crippen molar-refractivity contribution in [3.05, 3.63) is 33.4 Å². The Morgan fingerprint density at radius 2 is 2.17 bits per heavy atom. The molecule has 2 N–H and O–H groups in total. The molecule has 18 heavy (non-hydrogen) atoms. The van der Waals surface area contributed by atoms with Gasteiger partial charge in [-0.15, -0.1) is 0 Å². The van der Waals surface area contributed by atoms with Gasteiger partial charge in [0.1, 0.15) is 11.3 Å². The monoisotopic (exact) mass is 249 g/mol. The van der Waals surface area contributed by atoms with Crippen molar-refractivity contribution in [3.8, 4) is 5.75 Å². The van der Waals surface area contributed by atoms with E-state index in [1.165, 1.54) is 0 Å². The number of amides is 1. The molecule has 1 atom stereocenters. The van der Waals surface area contributed by atoms with Crippen molar-refractivity contribution in [1.82, 2.24) is 5.32 Å². The number of fused-ring (bicyclic) bond motifs is 1. The predicted molar refractivity (Wildman–Crippen MR) is 66.5 cm³/mol.